The number of hydrogen-bond donors (Lipinski definition) is 2. The van der Waals surface area contributed by atoms with Crippen LogP contribution in [0.3, 0.4) is 0 Å². The third-order valence-corrected chi connectivity index (χ3v) is 9.16. The van der Waals surface area contributed by atoms with Crippen molar-refractivity contribution in [2.24, 2.45) is 0 Å². The molecule has 0 bridgehead atoms. The standard InChI is InChI=1S/C32H26N4O4S2/c1-21-11-14-25(15-12-21)42(38,39)33-20-31(37)34-32-24(17-22-7-3-2-4-8-22)18-26(35-36-32)23-13-16-28-30(19-23)41-29-10-6-5-9-27(29)40-28/h2-16,18-19,33H,17,20H2,1H3,(H,34,36,37). The second-order valence-corrected chi connectivity index (χ2v) is 12.6. The molecule has 210 valence electrons. The first-order valence-electron chi connectivity index (χ1n) is 13.2. The van der Waals surface area contributed by atoms with Crippen LogP contribution >= 0.6 is 11.8 Å². The molecule has 0 radical (unpaired) electrons. The summed E-state index contributed by atoms with van der Waals surface area (Å²) in [5.41, 5.74) is 4.20. The summed E-state index contributed by atoms with van der Waals surface area (Å²) < 4.78 is 33.7. The SMILES string of the molecule is Cc1ccc(S(=O)(=O)NCC(=O)Nc2nnc(-c3ccc4c(c3)Sc3ccccc3O4)cc2Cc2ccccc2)cc1. The Morgan fingerprint density at radius 2 is 1.57 bits per heavy atom. The first-order valence-corrected chi connectivity index (χ1v) is 15.5. The van der Waals surface area contributed by atoms with E-state index >= 15 is 0 Å². The molecule has 0 saturated heterocycles. The number of fused-ring (bicyclic) bond motifs is 2. The molecule has 2 heterocycles. The van der Waals surface area contributed by atoms with Crippen LogP contribution in [0.2, 0.25) is 0 Å². The molecule has 1 amide bonds. The Bertz CT molecular complexity index is 1880. The molecule has 0 atom stereocenters. The van der Waals surface area contributed by atoms with E-state index in [1.807, 2.05) is 85.8 Å². The zero-order valence-electron chi connectivity index (χ0n) is 22.6. The van der Waals surface area contributed by atoms with Crippen LogP contribution in [-0.4, -0.2) is 31.1 Å². The van der Waals surface area contributed by atoms with Crippen molar-refractivity contribution in [3.63, 3.8) is 0 Å². The minimum Gasteiger partial charge on any atom is -0.455 e. The van der Waals surface area contributed by atoms with Gasteiger partial charge in [-0.1, -0.05) is 71.9 Å². The lowest BCUT2D eigenvalue weighted by atomic mass is 10.0. The number of aromatic nitrogens is 2. The van der Waals surface area contributed by atoms with Crippen LogP contribution in [0.25, 0.3) is 11.3 Å². The zero-order valence-corrected chi connectivity index (χ0v) is 24.2. The second-order valence-electron chi connectivity index (χ2n) is 9.76. The first kappa shape index (κ1) is 27.6. The van der Waals surface area contributed by atoms with Gasteiger partial charge in [0, 0.05) is 17.5 Å². The minimum atomic E-state index is -3.85. The summed E-state index contributed by atoms with van der Waals surface area (Å²) in [6.07, 6.45) is 0.490. The molecule has 5 aromatic rings. The number of ether oxygens (including phenoxy) is 1. The molecule has 2 N–H and O–H groups in total. The fourth-order valence-corrected chi connectivity index (χ4v) is 6.42. The average molecular weight is 595 g/mol. The van der Waals surface area contributed by atoms with Crippen LogP contribution in [0.5, 0.6) is 11.5 Å². The number of nitrogens with one attached hydrogen (secondary N) is 2. The predicted octanol–water partition coefficient (Wildman–Crippen LogP) is 6.22. The number of nitrogens with zero attached hydrogens (tertiary/aromatic N) is 2. The maximum Gasteiger partial charge on any atom is 0.241 e. The number of carbonyl (C=O) groups is 1. The summed E-state index contributed by atoms with van der Waals surface area (Å²) in [5, 5.41) is 11.5. The molecule has 8 nitrogen and oxygen atoms in total. The van der Waals surface area contributed by atoms with Gasteiger partial charge in [0.15, 0.2) is 5.82 Å². The van der Waals surface area contributed by atoms with E-state index in [0.717, 1.165) is 43.5 Å². The van der Waals surface area contributed by atoms with Crippen molar-refractivity contribution < 1.29 is 17.9 Å². The van der Waals surface area contributed by atoms with Gasteiger partial charge in [0.05, 0.1) is 26.9 Å². The highest BCUT2D eigenvalue weighted by atomic mass is 32.2. The van der Waals surface area contributed by atoms with Gasteiger partial charge in [0.2, 0.25) is 15.9 Å². The maximum absolute atomic E-state index is 12.8. The summed E-state index contributed by atoms with van der Waals surface area (Å²) in [7, 11) is -3.85. The Morgan fingerprint density at radius 3 is 2.38 bits per heavy atom. The van der Waals surface area contributed by atoms with E-state index < -0.39 is 22.5 Å². The Morgan fingerprint density at radius 1 is 0.833 bits per heavy atom. The molecule has 0 spiro atoms. The van der Waals surface area contributed by atoms with E-state index in [-0.39, 0.29) is 10.7 Å². The van der Waals surface area contributed by atoms with Crippen LogP contribution in [0.15, 0.2) is 118 Å². The summed E-state index contributed by atoms with van der Waals surface area (Å²) in [6.45, 7) is 1.42. The number of sulfonamides is 1. The number of hydrogen-bond acceptors (Lipinski definition) is 7. The third kappa shape index (κ3) is 6.20. The van der Waals surface area contributed by atoms with Crippen molar-refractivity contribution in [2.75, 3.05) is 11.9 Å². The highest BCUT2D eigenvalue weighted by molar-refractivity contribution is 7.99. The van der Waals surface area contributed by atoms with Gasteiger partial charge < -0.3 is 10.1 Å². The van der Waals surface area contributed by atoms with Crippen molar-refractivity contribution in [2.45, 2.75) is 28.0 Å². The molecule has 10 heteroatoms. The number of rotatable bonds is 8. The molecule has 0 fully saturated rings. The van der Waals surface area contributed by atoms with E-state index in [9.17, 15) is 13.2 Å². The number of para-hydroxylation sites is 1. The number of benzene rings is 4. The minimum absolute atomic E-state index is 0.0897. The van der Waals surface area contributed by atoms with Crippen LogP contribution < -0.4 is 14.8 Å². The van der Waals surface area contributed by atoms with Gasteiger partial charge in [-0.25, -0.2) is 13.1 Å². The molecule has 0 unspecified atom stereocenters. The number of carbonyl (C=O) groups excluding carboxylic acids is 1. The summed E-state index contributed by atoms with van der Waals surface area (Å²) in [5.74, 6) is 1.32. The number of aryl methyl sites for hydroxylation is 1. The molecule has 42 heavy (non-hydrogen) atoms. The van der Waals surface area contributed by atoms with Gasteiger partial charge in [-0.2, -0.15) is 0 Å². The molecular weight excluding hydrogens is 569 g/mol. The van der Waals surface area contributed by atoms with Crippen molar-refractivity contribution in [1.29, 1.82) is 0 Å². The number of anilines is 1. The Hall–Kier alpha value is -4.51. The average Bonchev–Trinajstić information content (AvgIpc) is 3.00. The maximum atomic E-state index is 12.8. The van der Waals surface area contributed by atoms with E-state index in [1.54, 1.807) is 23.9 Å². The van der Waals surface area contributed by atoms with E-state index in [2.05, 4.69) is 20.2 Å². The smallest absolute Gasteiger partial charge is 0.241 e. The lowest BCUT2D eigenvalue weighted by Crippen LogP contribution is -2.33. The zero-order chi connectivity index (χ0) is 29.1. The summed E-state index contributed by atoms with van der Waals surface area (Å²) in [6, 6.07) is 31.9. The van der Waals surface area contributed by atoms with Gasteiger partial charge in [-0.15, -0.1) is 10.2 Å². The molecule has 0 aliphatic carbocycles. The van der Waals surface area contributed by atoms with Gasteiger partial charge >= 0.3 is 0 Å². The van der Waals surface area contributed by atoms with E-state index in [1.165, 1.54) is 12.1 Å². The molecule has 0 saturated carbocycles. The van der Waals surface area contributed by atoms with E-state index in [4.69, 9.17) is 4.74 Å². The quantitative estimate of drug-likeness (QED) is 0.215. The monoisotopic (exact) mass is 594 g/mol. The van der Waals surface area contributed by atoms with Crippen LogP contribution in [0.1, 0.15) is 16.7 Å². The van der Waals surface area contributed by atoms with Crippen molar-refractivity contribution in [3.05, 3.63) is 120 Å². The normalized spacial score (nSPS) is 12.1. The predicted molar refractivity (Wildman–Crippen MR) is 162 cm³/mol. The molecule has 1 aliphatic rings. The van der Waals surface area contributed by atoms with Gasteiger partial charge in [0.1, 0.15) is 11.5 Å². The fourth-order valence-electron chi connectivity index (χ4n) is 4.45. The van der Waals surface area contributed by atoms with E-state index in [0.29, 0.717) is 12.1 Å². The summed E-state index contributed by atoms with van der Waals surface area (Å²) >= 11 is 1.63. The van der Waals surface area contributed by atoms with Crippen molar-refractivity contribution >= 4 is 33.5 Å². The lowest BCUT2D eigenvalue weighted by molar-refractivity contribution is -0.115. The Balaban J connectivity index is 1.24. The Labute approximate surface area is 248 Å². The lowest BCUT2D eigenvalue weighted by Gasteiger charge is -2.20. The van der Waals surface area contributed by atoms with Crippen molar-refractivity contribution in [3.8, 4) is 22.8 Å². The highest BCUT2D eigenvalue weighted by Gasteiger charge is 2.20. The van der Waals surface area contributed by atoms with Gasteiger partial charge in [0.25, 0.3) is 0 Å². The topological polar surface area (TPSA) is 110 Å². The first-order chi connectivity index (χ1) is 20.3. The third-order valence-electron chi connectivity index (χ3n) is 6.65. The van der Waals surface area contributed by atoms with Crippen LogP contribution in [-0.2, 0) is 21.2 Å². The van der Waals surface area contributed by atoms with Crippen LogP contribution in [0.4, 0.5) is 5.82 Å². The summed E-state index contributed by atoms with van der Waals surface area (Å²) in [4.78, 5) is 14.9. The van der Waals surface area contributed by atoms with Gasteiger partial charge in [-0.05, 0) is 61.0 Å². The molecule has 1 aliphatic heterocycles. The molecule has 4 aromatic carbocycles. The Kier molecular flexibility index (Phi) is 7.75. The fraction of sp³-hybridized carbons (Fsp3) is 0.0938. The largest absolute Gasteiger partial charge is 0.455 e. The molecule has 1 aromatic heterocycles. The second kappa shape index (κ2) is 11.8. The van der Waals surface area contributed by atoms with Crippen molar-refractivity contribution in [1.82, 2.24) is 14.9 Å². The number of amides is 1. The van der Waals surface area contributed by atoms with Gasteiger partial charge in [-0.3, -0.25) is 4.79 Å². The van der Waals surface area contributed by atoms with Crippen LogP contribution in [0, 0.1) is 6.92 Å². The molecule has 6 rings (SSSR count). The highest BCUT2D eigenvalue weighted by Crippen LogP contribution is 2.47. The molecular formula is C32H26N4O4S2.